The highest BCUT2D eigenvalue weighted by atomic mass is 32.1. The summed E-state index contributed by atoms with van der Waals surface area (Å²) < 4.78 is 2.42. The fourth-order valence-corrected chi connectivity index (χ4v) is 9.39. The van der Waals surface area contributed by atoms with Gasteiger partial charge in [0, 0.05) is 36.9 Å². The van der Waals surface area contributed by atoms with E-state index in [0.29, 0.717) is 17.5 Å². The second-order valence-corrected chi connectivity index (χ2v) is 15.4. The lowest BCUT2D eigenvalue weighted by Crippen LogP contribution is -2.02. The predicted molar refractivity (Wildman–Crippen MR) is 240 cm³/mol. The van der Waals surface area contributed by atoms with E-state index in [9.17, 15) is 0 Å². The van der Waals surface area contributed by atoms with Crippen LogP contribution in [0.4, 0.5) is 0 Å². The third-order valence-corrected chi connectivity index (χ3v) is 12.2. The molecule has 57 heavy (non-hydrogen) atoms. The molecule has 0 aliphatic carbocycles. The van der Waals surface area contributed by atoms with Crippen LogP contribution in [0.2, 0.25) is 0 Å². The van der Waals surface area contributed by atoms with Crippen molar-refractivity contribution in [3.8, 4) is 67.5 Å². The van der Waals surface area contributed by atoms with E-state index in [0.717, 1.165) is 49.7 Å². The highest BCUT2D eigenvalue weighted by molar-refractivity contribution is 7.26. The van der Waals surface area contributed by atoms with Crippen LogP contribution >= 0.6 is 11.3 Å². The molecule has 11 aromatic rings. The van der Waals surface area contributed by atoms with Gasteiger partial charge in [0.1, 0.15) is 0 Å². The predicted octanol–water partition coefficient (Wildman–Crippen LogP) is 14.5. The van der Waals surface area contributed by atoms with Crippen molar-refractivity contribution < 1.29 is 0 Å². The topological polar surface area (TPSA) is 38.7 Å². The summed E-state index contributed by atoms with van der Waals surface area (Å²) >= 11 is 1.79. The fraction of sp³-hybridized carbons (Fsp3) is 0. The van der Waals surface area contributed by atoms with Crippen molar-refractivity contribution in [2.75, 3.05) is 0 Å². The molecule has 0 aliphatic rings. The smallest absolute Gasteiger partial charge is 0.165 e. The molecule has 0 unspecified atom stereocenters. The van der Waals surface area contributed by atoms with Gasteiger partial charge < -0.3 is 0 Å². The molecule has 0 fully saturated rings. The van der Waals surface area contributed by atoms with E-state index in [4.69, 9.17) is 15.0 Å². The monoisotopic (exact) mass is 743 g/mol. The lowest BCUT2D eigenvalue weighted by molar-refractivity contribution is 1.08. The van der Waals surface area contributed by atoms with E-state index in [1.165, 1.54) is 42.1 Å². The van der Waals surface area contributed by atoms with Crippen LogP contribution in [0.5, 0.6) is 0 Å². The first-order valence-corrected chi connectivity index (χ1v) is 20.0. The molecule has 9 aromatic carbocycles. The molecule has 3 nitrogen and oxygen atoms in total. The molecule has 266 valence electrons. The standard InChI is InChI=1S/C53H33N3S/c1-3-14-35(15-4-1)43-31-30-37-18-7-10-21-42(37)49(43)53-55-51(54-52(56-53)46-24-13-23-45-44-22-11-12-25-48(44)57-50(45)46)38-28-26-34(27-29-38)40-32-39-19-8-9-20-41(39)47(33-40)36-16-5-2-6-17-36/h1-33H. The van der Waals surface area contributed by atoms with Crippen molar-refractivity contribution in [2.45, 2.75) is 0 Å². The van der Waals surface area contributed by atoms with Gasteiger partial charge in [0.15, 0.2) is 17.5 Å². The quantitative estimate of drug-likeness (QED) is 0.170. The van der Waals surface area contributed by atoms with Crippen molar-refractivity contribution in [3.05, 3.63) is 200 Å². The minimum atomic E-state index is 0.634. The van der Waals surface area contributed by atoms with Gasteiger partial charge in [-0.25, -0.2) is 15.0 Å². The Bertz CT molecular complexity index is 3280. The lowest BCUT2D eigenvalue weighted by atomic mass is 9.92. The van der Waals surface area contributed by atoms with Crippen LogP contribution in [-0.2, 0) is 0 Å². The van der Waals surface area contributed by atoms with Crippen molar-refractivity contribution in [3.63, 3.8) is 0 Å². The first-order chi connectivity index (χ1) is 28.2. The van der Waals surface area contributed by atoms with Gasteiger partial charge >= 0.3 is 0 Å². The van der Waals surface area contributed by atoms with Crippen LogP contribution in [0.15, 0.2) is 200 Å². The number of benzene rings is 9. The van der Waals surface area contributed by atoms with E-state index in [1.54, 1.807) is 11.3 Å². The number of fused-ring (bicyclic) bond motifs is 5. The number of thiophene rings is 1. The Hall–Kier alpha value is -7.27. The van der Waals surface area contributed by atoms with Crippen molar-refractivity contribution in [1.82, 2.24) is 15.0 Å². The minimum Gasteiger partial charge on any atom is -0.208 e. The summed E-state index contributed by atoms with van der Waals surface area (Å²) in [6.45, 7) is 0. The molecule has 2 aromatic heterocycles. The number of hydrogen-bond donors (Lipinski definition) is 0. The molecule has 0 saturated heterocycles. The molecule has 0 bridgehead atoms. The SMILES string of the molecule is c1ccc(-c2ccc3ccccc3c2-c2nc(-c3ccc(-c4cc(-c5ccccc5)c5ccccc5c4)cc3)nc(-c3cccc4c3sc3ccccc34)n2)cc1. The largest absolute Gasteiger partial charge is 0.208 e. The molecule has 0 amide bonds. The maximum absolute atomic E-state index is 5.37. The summed E-state index contributed by atoms with van der Waals surface area (Å²) in [5.74, 6) is 1.94. The van der Waals surface area contributed by atoms with Crippen molar-refractivity contribution in [1.29, 1.82) is 0 Å². The van der Waals surface area contributed by atoms with Crippen LogP contribution in [0.25, 0.3) is 109 Å². The average molecular weight is 744 g/mol. The first kappa shape index (κ1) is 33.1. The summed E-state index contributed by atoms with van der Waals surface area (Å²) in [5.41, 5.74) is 9.84. The van der Waals surface area contributed by atoms with Crippen LogP contribution in [0.3, 0.4) is 0 Å². The summed E-state index contributed by atoms with van der Waals surface area (Å²) in [5, 5.41) is 7.14. The molecule has 0 N–H and O–H groups in total. The molecule has 0 radical (unpaired) electrons. The second-order valence-electron chi connectivity index (χ2n) is 14.4. The third-order valence-electron chi connectivity index (χ3n) is 10.9. The number of rotatable bonds is 6. The Morgan fingerprint density at radius 3 is 1.68 bits per heavy atom. The number of nitrogens with zero attached hydrogens (tertiary/aromatic N) is 3. The molecule has 0 aliphatic heterocycles. The van der Waals surface area contributed by atoms with Gasteiger partial charge in [-0.15, -0.1) is 11.3 Å². The molecule has 11 rings (SSSR count). The average Bonchev–Trinajstić information content (AvgIpc) is 3.68. The second kappa shape index (κ2) is 13.8. The van der Waals surface area contributed by atoms with Crippen LogP contribution in [0, 0.1) is 0 Å². The summed E-state index contributed by atoms with van der Waals surface area (Å²) in [7, 11) is 0. The van der Waals surface area contributed by atoms with Gasteiger partial charge in [0.05, 0.1) is 0 Å². The van der Waals surface area contributed by atoms with Gasteiger partial charge in [-0.2, -0.15) is 0 Å². The maximum atomic E-state index is 5.37. The first-order valence-electron chi connectivity index (χ1n) is 19.2. The van der Waals surface area contributed by atoms with Gasteiger partial charge in [0.2, 0.25) is 0 Å². The molecular formula is C53H33N3S. The van der Waals surface area contributed by atoms with E-state index >= 15 is 0 Å². The van der Waals surface area contributed by atoms with Crippen LogP contribution < -0.4 is 0 Å². The van der Waals surface area contributed by atoms with Crippen LogP contribution in [-0.4, -0.2) is 15.0 Å². The van der Waals surface area contributed by atoms with Gasteiger partial charge in [-0.1, -0.05) is 176 Å². The Labute approximate surface area is 334 Å². The van der Waals surface area contributed by atoms with E-state index in [1.807, 2.05) is 0 Å². The molecule has 0 spiro atoms. The Morgan fingerprint density at radius 1 is 0.298 bits per heavy atom. The van der Waals surface area contributed by atoms with Crippen molar-refractivity contribution >= 4 is 53.1 Å². The number of aromatic nitrogens is 3. The zero-order valence-electron chi connectivity index (χ0n) is 30.8. The number of hydrogen-bond acceptors (Lipinski definition) is 4. The zero-order valence-corrected chi connectivity index (χ0v) is 31.6. The van der Waals surface area contributed by atoms with Crippen molar-refractivity contribution in [2.24, 2.45) is 0 Å². The molecule has 4 heteroatoms. The normalized spacial score (nSPS) is 11.5. The summed E-state index contributed by atoms with van der Waals surface area (Å²) in [6.07, 6.45) is 0. The van der Waals surface area contributed by atoms with Gasteiger partial charge in [-0.3, -0.25) is 0 Å². The van der Waals surface area contributed by atoms with Gasteiger partial charge in [0.25, 0.3) is 0 Å². The van der Waals surface area contributed by atoms with E-state index in [2.05, 4.69) is 200 Å². The Balaban J connectivity index is 1.12. The highest BCUT2D eigenvalue weighted by Gasteiger charge is 2.20. The zero-order chi connectivity index (χ0) is 37.7. The highest BCUT2D eigenvalue weighted by Crippen LogP contribution is 2.42. The lowest BCUT2D eigenvalue weighted by Gasteiger charge is -2.15. The molecular weight excluding hydrogens is 711 g/mol. The Kier molecular flexibility index (Phi) is 8.01. The molecule has 0 saturated carbocycles. The Morgan fingerprint density at radius 2 is 0.895 bits per heavy atom. The van der Waals surface area contributed by atoms with E-state index in [-0.39, 0.29) is 0 Å². The van der Waals surface area contributed by atoms with E-state index < -0.39 is 0 Å². The molecule has 2 heterocycles. The molecule has 0 atom stereocenters. The summed E-state index contributed by atoms with van der Waals surface area (Å²) in [4.78, 5) is 16.0. The van der Waals surface area contributed by atoms with Gasteiger partial charge in [-0.05, 0) is 79.2 Å². The minimum absolute atomic E-state index is 0.634. The van der Waals surface area contributed by atoms with Crippen LogP contribution in [0.1, 0.15) is 0 Å². The third kappa shape index (κ3) is 5.86. The fourth-order valence-electron chi connectivity index (χ4n) is 8.18. The maximum Gasteiger partial charge on any atom is 0.165 e. The summed E-state index contributed by atoms with van der Waals surface area (Å²) in [6, 6.07) is 71.0.